The van der Waals surface area contributed by atoms with Gasteiger partial charge in [-0.2, -0.15) is 5.26 Å². The molecule has 0 rings (SSSR count). The lowest BCUT2D eigenvalue weighted by atomic mass is 10.2. The molecule has 0 unspecified atom stereocenters. The molecule has 0 saturated heterocycles. The van der Waals surface area contributed by atoms with Crippen LogP contribution in [0.1, 0.15) is 45.4 Å². The summed E-state index contributed by atoms with van der Waals surface area (Å²) < 4.78 is 0. The van der Waals surface area contributed by atoms with Crippen molar-refractivity contribution < 1.29 is 4.84 Å². The first-order chi connectivity index (χ1) is 7.76. The molecule has 0 atom stereocenters. The molecule has 0 aliphatic rings. The van der Waals surface area contributed by atoms with E-state index in [1.165, 1.54) is 0 Å². The van der Waals surface area contributed by atoms with Gasteiger partial charge in [-0.15, -0.1) is 0 Å². The fourth-order valence-corrected chi connectivity index (χ4v) is 1.33. The van der Waals surface area contributed by atoms with Crippen LogP contribution in [0.15, 0.2) is 4.99 Å². The number of rotatable bonds is 8. The van der Waals surface area contributed by atoms with Crippen LogP contribution in [-0.2, 0) is 4.84 Å². The molecule has 0 amide bonds. The van der Waals surface area contributed by atoms with Gasteiger partial charge in [0, 0.05) is 26.9 Å². The van der Waals surface area contributed by atoms with Crippen molar-refractivity contribution in [3.05, 3.63) is 0 Å². The second kappa shape index (κ2) is 10.4. The maximum Gasteiger partial charge on any atom is 0.123 e. The normalized spacial score (nSPS) is 11.2. The van der Waals surface area contributed by atoms with E-state index < -0.39 is 0 Å². The molecule has 4 heteroatoms. The van der Waals surface area contributed by atoms with Crippen LogP contribution in [0.25, 0.3) is 0 Å². The number of nitriles is 1. The molecular formula is C12H23N3O. The number of aliphatic imine (C=N–C) groups is 1. The predicted octanol–water partition coefficient (Wildman–Crippen LogP) is 2.76. The molecule has 0 saturated carbocycles. The first-order valence-corrected chi connectivity index (χ1v) is 5.95. The van der Waals surface area contributed by atoms with Crippen molar-refractivity contribution in [3.8, 4) is 6.07 Å². The van der Waals surface area contributed by atoms with Gasteiger partial charge in [-0.3, -0.25) is 9.83 Å². The summed E-state index contributed by atoms with van der Waals surface area (Å²) in [5.74, 6) is 0.988. The van der Waals surface area contributed by atoms with Gasteiger partial charge >= 0.3 is 0 Å². The molecule has 0 aromatic heterocycles. The second-order valence-electron chi connectivity index (χ2n) is 3.69. The summed E-state index contributed by atoms with van der Waals surface area (Å²) in [7, 11) is 3.68. The topological polar surface area (TPSA) is 48.6 Å². The molecule has 0 bridgehead atoms. The highest BCUT2D eigenvalue weighted by Gasteiger charge is 2.05. The maximum atomic E-state index is 8.38. The van der Waals surface area contributed by atoms with Crippen molar-refractivity contribution in [3.63, 3.8) is 0 Å². The Hall–Kier alpha value is -1.08. The second-order valence-corrected chi connectivity index (χ2v) is 3.69. The minimum atomic E-state index is 0.609. The van der Waals surface area contributed by atoms with Gasteiger partial charge < -0.3 is 0 Å². The Morgan fingerprint density at radius 2 is 2.12 bits per heavy atom. The Morgan fingerprint density at radius 3 is 2.69 bits per heavy atom. The summed E-state index contributed by atoms with van der Waals surface area (Å²) in [6, 6.07) is 2.12. The standard InChI is InChI=1S/C12H23N3O/c1-4-5-9-12(14-2)15(3)16-11-8-6-7-10-13/h4-9,11H2,1-3H3/b14-12-. The highest BCUT2D eigenvalue weighted by Crippen LogP contribution is 2.03. The van der Waals surface area contributed by atoms with Crippen molar-refractivity contribution >= 4 is 5.84 Å². The molecule has 0 N–H and O–H groups in total. The number of hydroxylamine groups is 2. The van der Waals surface area contributed by atoms with Crippen LogP contribution in [-0.4, -0.2) is 31.6 Å². The molecular weight excluding hydrogens is 202 g/mol. The van der Waals surface area contributed by atoms with Crippen LogP contribution in [0.3, 0.4) is 0 Å². The van der Waals surface area contributed by atoms with E-state index in [0.717, 1.165) is 37.9 Å². The third-order valence-corrected chi connectivity index (χ3v) is 2.34. The van der Waals surface area contributed by atoms with E-state index in [4.69, 9.17) is 10.1 Å². The SMILES string of the molecule is CCCC/C(=N/C)N(C)OCCCCC#N. The average Bonchev–Trinajstić information content (AvgIpc) is 2.30. The first-order valence-electron chi connectivity index (χ1n) is 5.95. The monoisotopic (exact) mass is 225 g/mol. The van der Waals surface area contributed by atoms with E-state index in [2.05, 4.69) is 18.0 Å². The molecule has 0 aliphatic carbocycles. The van der Waals surface area contributed by atoms with Crippen molar-refractivity contribution in [1.29, 1.82) is 5.26 Å². The molecule has 92 valence electrons. The van der Waals surface area contributed by atoms with Gasteiger partial charge in [-0.25, -0.2) is 5.06 Å². The van der Waals surface area contributed by atoms with Gasteiger partial charge in [0.15, 0.2) is 0 Å². The summed E-state index contributed by atoms with van der Waals surface area (Å²) in [6.45, 7) is 2.82. The molecule has 0 aliphatic heterocycles. The largest absolute Gasteiger partial charge is 0.274 e. The Labute approximate surface area is 98.9 Å². The molecule has 0 aromatic rings. The maximum absolute atomic E-state index is 8.38. The number of hydrogen-bond acceptors (Lipinski definition) is 3. The number of unbranched alkanes of at least 4 members (excludes halogenated alkanes) is 3. The van der Waals surface area contributed by atoms with Crippen molar-refractivity contribution in [2.24, 2.45) is 4.99 Å². The summed E-state index contributed by atoms with van der Waals surface area (Å²) in [5.41, 5.74) is 0. The third-order valence-electron chi connectivity index (χ3n) is 2.34. The van der Waals surface area contributed by atoms with Crippen LogP contribution in [0.4, 0.5) is 0 Å². The van der Waals surface area contributed by atoms with Crippen LogP contribution >= 0.6 is 0 Å². The molecule has 0 radical (unpaired) electrons. The summed E-state index contributed by atoms with van der Waals surface area (Å²) in [4.78, 5) is 9.74. The zero-order chi connectivity index (χ0) is 12.2. The third kappa shape index (κ3) is 7.24. The highest BCUT2D eigenvalue weighted by atomic mass is 16.7. The van der Waals surface area contributed by atoms with Gasteiger partial charge in [-0.1, -0.05) is 13.3 Å². The zero-order valence-corrected chi connectivity index (χ0v) is 10.7. The van der Waals surface area contributed by atoms with E-state index in [1.807, 2.05) is 7.05 Å². The van der Waals surface area contributed by atoms with E-state index in [0.29, 0.717) is 13.0 Å². The van der Waals surface area contributed by atoms with E-state index in [9.17, 15) is 0 Å². The van der Waals surface area contributed by atoms with Crippen LogP contribution in [0, 0.1) is 11.3 Å². The molecule has 0 heterocycles. The lowest BCUT2D eigenvalue weighted by molar-refractivity contribution is -0.0824. The molecule has 0 fully saturated rings. The Morgan fingerprint density at radius 1 is 1.38 bits per heavy atom. The average molecular weight is 225 g/mol. The number of hydrogen-bond donors (Lipinski definition) is 0. The van der Waals surface area contributed by atoms with Crippen molar-refractivity contribution in [2.45, 2.75) is 45.4 Å². The lowest BCUT2D eigenvalue weighted by Gasteiger charge is -2.20. The fourth-order valence-electron chi connectivity index (χ4n) is 1.33. The van der Waals surface area contributed by atoms with Crippen LogP contribution in [0.2, 0.25) is 0 Å². The minimum absolute atomic E-state index is 0.609. The number of nitrogens with zero attached hydrogens (tertiary/aromatic N) is 3. The molecule has 4 nitrogen and oxygen atoms in total. The first kappa shape index (κ1) is 14.9. The molecule has 0 spiro atoms. The predicted molar refractivity (Wildman–Crippen MR) is 66.1 cm³/mol. The summed E-state index contributed by atoms with van der Waals surface area (Å²) >= 11 is 0. The summed E-state index contributed by atoms with van der Waals surface area (Å²) in [6.07, 6.45) is 5.68. The number of amidine groups is 1. The lowest BCUT2D eigenvalue weighted by Crippen LogP contribution is -2.27. The van der Waals surface area contributed by atoms with Gasteiger partial charge in [0.25, 0.3) is 0 Å². The zero-order valence-electron chi connectivity index (χ0n) is 10.7. The smallest absolute Gasteiger partial charge is 0.123 e. The van der Waals surface area contributed by atoms with Crippen LogP contribution < -0.4 is 0 Å². The molecule has 16 heavy (non-hydrogen) atoms. The Bertz CT molecular complexity index is 233. The molecule has 0 aromatic carbocycles. The van der Waals surface area contributed by atoms with Gasteiger partial charge in [0.05, 0.1) is 12.7 Å². The van der Waals surface area contributed by atoms with Gasteiger partial charge in [-0.05, 0) is 19.3 Å². The fraction of sp³-hybridized carbons (Fsp3) is 0.833. The van der Waals surface area contributed by atoms with Gasteiger partial charge in [0.1, 0.15) is 5.84 Å². The Balaban J connectivity index is 3.68. The minimum Gasteiger partial charge on any atom is -0.274 e. The van der Waals surface area contributed by atoms with E-state index in [-0.39, 0.29) is 0 Å². The Kier molecular flexibility index (Phi) is 9.73. The highest BCUT2D eigenvalue weighted by molar-refractivity contribution is 5.80. The van der Waals surface area contributed by atoms with E-state index in [1.54, 1.807) is 12.1 Å². The van der Waals surface area contributed by atoms with Crippen molar-refractivity contribution in [2.75, 3.05) is 20.7 Å². The quantitative estimate of drug-likeness (QED) is 0.276. The summed E-state index contributed by atoms with van der Waals surface area (Å²) in [5, 5.41) is 10.1. The van der Waals surface area contributed by atoms with Crippen LogP contribution in [0.5, 0.6) is 0 Å². The van der Waals surface area contributed by atoms with Gasteiger partial charge in [0.2, 0.25) is 0 Å². The van der Waals surface area contributed by atoms with Crippen molar-refractivity contribution in [1.82, 2.24) is 5.06 Å². The van der Waals surface area contributed by atoms with E-state index >= 15 is 0 Å².